The number of aliphatic hydroxyl groups is 1. The molecule has 6 rings (SSSR count). The molecule has 1 N–H and O–H groups in total. The molecule has 55 heavy (non-hydrogen) atoms. The quantitative estimate of drug-likeness (QED) is 0.0796. The zero-order valence-corrected chi connectivity index (χ0v) is 37.4. The van der Waals surface area contributed by atoms with E-state index in [0.717, 1.165) is 82.3 Å². The van der Waals surface area contributed by atoms with Crippen molar-refractivity contribution in [3.8, 4) is 22.4 Å². The first kappa shape index (κ1) is 43.7. The molecule has 0 bridgehead atoms. The Labute approximate surface area is 342 Å². The van der Waals surface area contributed by atoms with Gasteiger partial charge in [0.25, 0.3) is 0 Å². The van der Waals surface area contributed by atoms with Gasteiger partial charge in [-0.3, -0.25) is 9.78 Å². The van der Waals surface area contributed by atoms with E-state index in [9.17, 15) is 9.90 Å². The summed E-state index contributed by atoms with van der Waals surface area (Å²) < 4.78 is 12.2. The molecule has 3 aromatic heterocycles. The monoisotopic (exact) mass is 919 g/mol. The molecular formula is C49H60IrNO4-. The number of benzene rings is 3. The normalized spacial score (nSPS) is 12.6. The molecule has 6 aromatic rings. The van der Waals surface area contributed by atoms with Crippen molar-refractivity contribution >= 4 is 38.6 Å². The van der Waals surface area contributed by atoms with Crippen LogP contribution >= 0.6 is 0 Å². The summed E-state index contributed by atoms with van der Waals surface area (Å²) in [6.45, 7) is 25.4. The Bertz CT molecular complexity index is 2290. The molecule has 295 valence electrons. The SMILES string of the molecule is CCC(C)(CC)C(=O)/C=C(\O)C(C)(CC)CC.Cc1oc2cc(-c3cc(-c4[c-]c5ccccc5c(C(C)(C)C)c4)nc4ccoc34)ccc2c1CC(C)C.[Ir]. The molecule has 0 aliphatic heterocycles. The van der Waals surface area contributed by atoms with E-state index in [1.807, 2.05) is 47.6 Å². The molecule has 5 nitrogen and oxygen atoms in total. The van der Waals surface area contributed by atoms with Crippen LogP contribution in [-0.4, -0.2) is 15.9 Å². The number of aryl methyl sites for hydroxylation is 1. The molecule has 0 saturated heterocycles. The Morgan fingerprint density at radius 1 is 0.873 bits per heavy atom. The molecule has 0 aliphatic rings. The number of fused-ring (bicyclic) bond motifs is 3. The van der Waals surface area contributed by atoms with Gasteiger partial charge in [-0.15, -0.1) is 29.1 Å². The fourth-order valence-electron chi connectivity index (χ4n) is 7.08. The van der Waals surface area contributed by atoms with Gasteiger partial charge < -0.3 is 13.9 Å². The average Bonchev–Trinajstić information content (AvgIpc) is 3.76. The number of rotatable bonds is 11. The van der Waals surface area contributed by atoms with Crippen LogP contribution in [0.2, 0.25) is 0 Å². The van der Waals surface area contributed by atoms with Crippen LogP contribution in [0.15, 0.2) is 87.6 Å². The minimum Gasteiger partial charge on any atom is -0.512 e. The second-order valence-electron chi connectivity index (χ2n) is 17.0. The summed E-state index contributed by atoms with van der Waals surface area (Å²) in [6, 6.07) is 24.9. The molecule has 6 heteroatoms. The first-order valence-electron chi connectivity index (χ1n) is 19.8. The summed E-state index contributed by atoms with van der Waals surface area (Å²) in [5.41, 5.74) is 8.44. The molecule has 0 unspecified atom stereocenters. The van der Waals surface area contributed by atoms with Crippen molar-refractivity contribution in [1.82, 2.24) is 4.98 Å². The first-order valence-corrected chi connectivity index (χ1v) is 19.8. The van der Waals surface area contributed by atoms with Crippen LogP contribution in [0.4, 0.5) is 0 Å². The van der Waals surface area contributed by atoms with Gasteiger partial charge in [0.2, 0.25) is 0 Å². The van der Waals surface area contributed by atoms with Crippen molar-refractivity contribution in [3.63, 3.8) is 0 Å². The van der Waals surface area contributed by atoms with Crippen LogP contribution in [-0.2, 0) is 36.7 Å². The predicted octanol–water partition coefficient (Wildman–Crippen LogP) is 14.3. The summed E-state index contributed by atoms with van der Waals surface area (Å²) in [7, 11) is 0. The maximum absolute atomic E-state index is 12.2. The number of furan rings is 2. The largest absolute Gasteiger partial charge is 0.512 e. The van der Waals surface area contributed by atoms with Gasteiger partial charge in [-0.2, -0.15) is 0 Å². The van der Waals surface area contributed by atoms with Gasteiger partial charge in [0.05, 0.1) is 6.26 Å². The Morgan fingerprint density at radius 2 is 1.53 bits per heavy atom. The number of ketones is 1. The van der Waals surface area contributed by atoms with Crippen LogP contribution in [0.3, 0.4) is 0 Å². The van der Waals surface area contributed by atoms with Crippen molar-refractivity contribution < 1.29 is 38.8 Å². The Kier molecular flexibility index (Phi) is 13.9. The zero-order chi connectivity index (χ0) is 39.6. The number of aromatic nitrogens is 1. The van der Waals surface area contributed by atoms with Crippen molar-refractivity contribution in [3.05, 3.63) is 102 Å². The van der Waals surface area contributed by atoms with Crippen molar-refractivity contribution in [1.29, 1.82) is 0 Å². The van der Waals surface area contributed by atoms with E-state index in [2.05, 4.69) is 102 Å². The molecule has 0 saturated carbocycles. The number of pyridine rings is 1. The number of hydrogen-bond acceptors (Lipinski definition) is 5. The fourth-order valence-corrected chi connectivity index (χ4v) is 7.08. The molecule has 0 spiro atoms. The molecule has 3 heterocycles. The maximum Gasteiger partial charge on any atom is 0.164 e. The number of aliphatic hydroxyl groups excluding tert-OH is 1. The van der Waals surface area contributed by atoms with Crippen LogP contribution < -0.4 is 0 Å². The summed E-state index contributed by atoms with van der Waals surface area (Å²) >= 11 is 0. The van der Waals surface area contributed by atoms with Crippen LogP contribution in [0.5, 0.6) is 0 Å². The molecule has 0 atom stereocenters. The maximum atomic E-state index is 12.2. The zero-order valence-electron chi connectivity index (χ0n) is 35.0. The standard InChI is InChI=1S/C34H32NO2.C15H28O2.Ir/c1-20(2)15-27-21(3)37-32-18-23(11-12-26(27)32)28-19-31(35-30-13-14-36-33(28)30)24-16-22-9-7-8-10-25(22)29(17-24)34(4,5)6;1-7-14(5,8-2)12(16)11-13(17)15(6,9-3)10-4;/h7-14,17-20H,15H2,1-6H3;11,16H,7-10H2,1-6H3;/q-1;;/b;12-11-;. The fraction of sp³-hybridized carbons (Fsp3) is 0.429. The second kappa shape index (κ2) is 17.4. The summed E-state index contributed by atoms with van der Waals surface area (Å²) in [5, 5.41) is 13.7. The van der Waals surface area contributed by atoms with E-state index in [1.54, 1.807) is 6.26 Å². The molecule has 0 fully saturated rings. The van der Waals surface area contributed by atoms with Crippen molar-refractivity contribution in [2.75, 3.05) is 0 Å². The number of hydrogen-bond donors (Lipinski definition) is 1. The van der Waals surface area contributed by atoms with Crippen molar-refractivity contribution in [2.45, 2.75) is 121 Å². The van der Waals surface area contributed by atoms with Gasteiger partial charge in [-0.05, 0) is 62.0 Å². The average molecular weight is 919 g/mol. The summed E-state index contributed by atoms with van der Waals surface area (Å²) in [4.78, 5) is 17.2. The van der Waals surface area contributed by atoms with E-state index in [1.165, 1.54) is 28.0 Å². The molecule has 0 aliphatic carbocycles. The number of carbonyl (C=O) groups excluding carboxylic acids is 1. The number of nitrogens with zero attached hydrogens (tertiary/aromatic N) is 1. The Hall–Kier alpha value is -3.99. The third-order valence-corrected chi connectivity index (χ3v) is 11.8. The van der Waals surface area contributed by atoms with Gasteiger partial charge in [0.15, 0.2) is 11.4 Å². The van der Waals surface area contributed by atoms with Gasteiger partial charge in [0.1, 0.15) is 22.6 Å². The van der Waals surface area contributed by atoms with E-state index in [4.69, 9.17) is 13.8 Å². The van der Waals surface area contributed by atoms with Crippen LogP contribution in [0.25, 0.3) is 55.2 Å². The van der Waals surface area contributed by atoms with E-state index in [-0.39, 0.29) is 47.9 Å². The predicted molar refractivity (Wildman–Crippen MR) is 226 cm³/mol. The van der Waals surface area contributed by atoms with Gasteiger partial charge in [-0.1, -0.05) is 124 Å². The third kappa shape index (κ3) is 9.19. The van der Waals surface area contributed by atoms with E-state index < -0.39 is 0 Å². The Morgan fingerprint density at radius 3 is 2.15 bits per heavy atom. The first-order chi connectivity index (χ1) is 25.5. The smallest absolute Gasteiger partial charge is 0.164 e. The van der Waals surface area contributed by atoms with Gasteiger partial charge >= 0.3 is 0 Å². The summed E-state index contributed by atoms with van der Waals surface area (Å²) in [6.07, 6.45) is 7.48. The third-order valence-electron chi connectivity index (χ3n) is 11.8. The summed E-state index contributed by atoms with van der Waals surface area (Å²) in [5.74, 6) is 1.86. The molecular weight excluding hydrogens is 859 g/mol. The van der Waals surface area contributed by atoms with E-state index in [0.29, 0.717) is 5.92 Å². The minimum atomic E-state index is -0.337. The number of allylic oxidation sites excluding steroid dienone is 2. The Balaban J connectivity index is 0.000000320. The van der Waals surface area contributed by atoms with E-state index >= 15 is 0 Å². The minimum absolute atomic E-state index is 0. The molecule has 0 amide bonds. The second-order valence-corrected chi connectivity index (χ2v) is 17.0. The molecule has 3 aromatic carbocycles. The van der Waals surface area contributed by atoms with Crippen molar-refractivity contribution in [2.24, 2.45) is 16.7 Å². The van der Waals surface area contributed by atoms with Crippen LogP contribution in [0, 0.1) is 29.7 Å². The van der Waals surface area contributed by atoms with Gasteiger partial charge in [-0.25, -0.2) is 0 Å². The topological polar surface area (TPSA) is 76.5 Å². The molecule has 1 radical (unpaired) electrons. The van der Waals surface area contributed by atoms with Crippen LogP contribution in [0.1, 0.15) is 119 Å². The van der Waals surface area contributed by atoms with Gasteiger partial charge in [0, 0.05) is 65.3 Å². The number of carbonyl (C=O) groups is 1.